The standard InChI is InChI=1S/C23H29FN6O2/c1-16(26)13-30(14-25)20-8-3-17(11-21(20)31-2)12-22-23(27-9-10-32-22)29-15-28-19-6-4-18(24)5-7-19/h3-8,11-12,26,28H,9-10,13-15,25H2,1-2H3,(H,27,29)/b22-12-,26-16?. The van der Waals surface area contributed by atoms with Crippen LogP contribution >= 0.6 is 0 Å². The van der Waals surface area contributed by atoms with Crippen molar-refractivity contribution in [1.29, 1.82) is 5.41 Å². The van der Waals surface area contributed by atoms with Gasteiger partial charge in [0.15, 0.2) is 11.6 Å². The van der Waals surface area contributed by atoms with E-state index in [1.54, 1.807) is 26.2 Å². The fraction of sp³-hybridized carbons (Fsp3) is 0.304. The molecule has 0 saturated heterocycles. The number of methoxy groups -OCH3 is 1. The Morgan fingerprint density at radius 2 is 2.06 bits per heavy atom. The van der Waals surface area contributed by atoms with Crippen molar-refractivity contribution in [3.8, 4) is 5.75 Å². The molecule has 0 unspecified atom stereocenters. The summed E-state index contributed by atoms with van der Waals surface area (Å²) in [5.74, 6) is 1.64. The number of hydrogen-bond donors (Lipinski definition) is 4. The Hall–Kier alpha value is -3.59. The summed E-state index contributed by atoms with van der Waals surface area (Å²) in [6, 6.07) is 11.9. The molecule has 0 amide bonds. The summed E-state index contributed by atoms with van der Waals surface area (Å²) in [5, 5.41) is 14.1. The van der Waals surface area contributed by atoms with Gasteiger partial charge in [0.1, 0.15) is 18.2 Å². The predicted molar refractivity (Wildman–Crippen MR) is 127 cm³/mol. The predicted octanol–water partition coefficient (Wildman–Crippen LogP) is 3.03. The fourth-order valence-corrected chi connectivity index (χ4v) is 3.24. The van der Waals surface area contributed by atoms with Crippen LogP contribution in [0.15, 0.2) is 53.2 Å². The van der Waals surface area contributed by atoms with Crippen LogP contribution in [0.4, 0.5) is 15.8 Å². The highest BCUT2D eigenvalue weighted by Gasteiger charge is 2.15. The van der Waals surface area contributed by atoms with Gasteiger partial charge in [0.2, 0.25) is 0 Å². The third kappa shape index (κ3) is 6.21. The lowest BCUT2D eigenvalue weighted by Crippen LogP contribution is -2.34. The number of nitrogens with two attached hydrogens (primary N) is 1. The van der Waals surface area contributed by atoms with Crippen molar-refractivity contribution >= 4 is 29.0 Å². The molecular weight excluding hydrogens is 411 g/mol. The van der Waals surface area contributed by atoms with Crippen molar-refractivity contribution in [2.75, 3.05) is 50.4 Å². The highest BCUT2D eigenvalue weighted by molar-refractivity contribution is 6.00. The third-order valence-electron chi connectivity index (χ3n) is 4.74. The molecule has 0 saturated carbocycles. The second-order valence-corrected chi connectivity index (χ2v) is 7.22. The Balaban J connectivity index is 1.73. The molecule has 0 bridgehead atoms. The Morgan fingerprint density at radius 3 is 2.75 bits per heavy atom. The smallest absolute Gasteiger partial charge is 0.165 e. The van der Waals surface area contributed by atoms with E-state index in [1.165, 1.54) is 12.1 Å². The first kappa shape index (κ1) is 23.1. The van der Waals surface area contributed by atoms with Crippen molar-refractivity contribution in [2.24, 2.45) is 10.7 Å². The van der Waals surface area contributed by atoms with Crippen molar-refractivity contribution in [1.82, 2.24) is 5.32 Å². The van der Waals surface area contributed by atoms with Crippen LogP contribution in [0.5, 0.6) is 5.75 Å². The number of ether oxygens (including phenoxy) is 2. The molecule has 0 aromatic heterocycles. The maximum Gasteiger partial charge on any atom is 0.165 e. The average Bonchev–Trinajstić information content (AvgIpc) is 2.80. The number of anilines is 2. The second kappa shape index (κ2) is 11.1. The van der Waals surface area contributed by atoms with Crippen molar-refractivity contribution < 1.29 is 13.9 Å². The quantitative estimate of drug-likeness (QED) is 0.353. The van der Waals surface area contributed by atoms with Gasteiger partial charge in [0.25, 0.3) is 0 Å². The van der Waals surface area contributed by atoms with E-state index in [1.807, 2.05) is 29.2 Å². The van der Waals surface area contributed by atoms with Gasteiger partial charge in [-0.3, -0.25) is 4.99 Å². The second-order valence-electron chi connectivity index (χ2n) is 7.22. The number of halogens is 1. The van der Waals surface area contributed by atoms with Crippen LogP contribution < -0.4 is 26.0 Å². The van der Waals surface area contributed by atoms with E-state index < -0.39 is 0 Å². The van der Waals surface area contributed by atoms with Gasteiger partial charge in [-0.2, -0.15) is 0 Å². The summed E-state index contributed by atoms with van der Waals surface area (Å²) in [4.78, 5) is 6.40. The fourth-order valence-electron chi connectivity index (χ4n) is 3.24. The number of rotatable bonds is 9. The van der Waals surface area contributed by atoms with Crippen molar-refractivity contribution in [3.05, 3.63) is 59.6 Å². The molecule has 0 spiro atoms. The summed E-state index contributed by atoms with van der Waals surface area (Å²) in [5.41, 5.74) is 8.89. The van der Waals surface area contributed by atoms with Crippen LogP contribution in [0.1, 0.15) is 12.5 Å². The highest BCUT2D eigenvalue weighted by atomic mass is 19.1. The zero-order valence-corrected chi connectivity index (χ0v) is 18.3. The van der Waals surface area contributed by atoms with Gasteiger partial charge in [0.05, 0.1) is 39.2 Å². The molecule has 0 radical (unpaired) electrons. The van der Waals surface area contributed by atoms with E-state index in [-0.39, 0.29) is 12.5 Å². The van der Waals surface area contributed by atoms with Crippen LogP contribution in [0.3, 0.4) is 0 Å². The van der Waals surface area contributed by atoms with E-state index in [2.05, 4.69) is 15.6 Å². The molecular formula is C23H29FN6O2. The van der Waals surface area contributed by atoms with Crippen molar-refractivity contribution in [3.63, 3.8) is 0 Å². The van der Waals surface area contributed by atoms with E-state index >= 15 is 0 Å². The summed E-state index contributed by atoms with van der Waals surface area (Å²) in [6.07, 6.45) is 1.89. The molecule has 1 aliphatic rings. The topological polar surface area (TPSA) is 108 Å². The minimum atomic E-state index is -0.275. The van der Waals surface area contributed by atoms with Gasteiger partial charge < -0.3 is 36.2 Å². The molecule has 8 nitrogen and oxygen atoms in total. The first-order valence-electron chi connectivity index (χ1n) is 10.3. The summed E-state index contributed by atoms with van der Waals surface area (Å²) >= 11 is 0. The maximum atomic E-state index is 13.0. The highest BCUT2D eigenvalue weighted by Crippen LogP contribution is 2.30. The number of aliphatic imine (C=N–C) groups is 1. The number of amidine groups is 1. The van der Waals surface area contributed by atoms with E-state index in [0.29, 0.717) is 49.4 Å². The van der Waals surface area contributed by atoms with Gasteiger partial charge in [-0.25, -0.2) is 4.39 Å². The molecule has 0 aliphatic carbocycles. The number of nitrogens with one attached hydrogen (secondary N) is 3. The Bertz CT molecular complexity index is 990. The average molecular weight is 441 g/mol. The maximum absolute atomic E-state index is 13.0. The molecule has 32 heavy (non-hydrogen) atoms. The molecule has 170 valence electrons. The van der Waals surface area contributed by atoms with Crippen molar-refractivity contribution in [2.45, 2.75) is 6.92 Å². The first-order valence-corrected chi connectivity index (χ1v) is 10.3. The van der Waals surface area contributed by atoms with Crippen LogP contribution in [-0.2, 0) is 4.74 Å². The number of benzene rings is 2. The Morgan fingerprint density at radius 1 is 1.28 bits per heavy atom. The SMILES string of the molecule is COc1cc(/C=C2\OCCN=C2NCNc2ccc(F)cc2)ccc1N(CN)CC(C)=N. The largest absolute Gasteiger partial charge is 0.495 e. The van der Waals surface area contributed by atoms with Gasteiger partial charge in [-0.05, 0) is 55.0 Å². The minimum absolute atomic E-state index is 0.275. The monoisotopic (exact) mass is 440 g/mol. The normalized spacial score (nSPS) is 14.4. The number of hydrogen-bond acceptors (Lipinski definition) is 8. The van der Waals surface area contributed by atoms with Gasteiger partial charge in [0, 0.05) is 11.4 Å². The van der Waals surface area contributed by atoms with Gasteiger partial charge in [-0.1, -0.05) is 6.07 Å². The summed E-state index contributed by atoms with van der Waals surface area (Å²) in [7, 11) is 1.61. The van der Waals surface area contributed by atoms with Crippen LogP contribution in [-0.4, -0.2) is 51.7 Å². The lowest BCUT2D eigenvalue weighted by atomic mass is 10.1. The molecule has 0 atom stereocenters. The van der Waals surface area contributed by atoms with Gasteiger partial charge in [-0.15, -0.1) is 0 Å². The molecule has 0 fully saturated rings. The molecule has 1 heterocycles. The summed E-state index contributed by atoms with van der Waals surface area (Å²) in [6.45, 7) is 3.91. The zero-order valence-electron chi connectivity index (χ0n) is 18.3. The van der Waals surface area contributed by atoms with E-state index in [9.17, 15) is 4.39 Å². The number of nitrogens with zero attached hydrogens (tertiary/aromatic N) is 2. The van der Waals surface area contributed by atoms with Crippen LogP contribution in [0.25, 0.3) is 6.08 Å². The van der Waals surface area contributed by atoms with E-state index in [0.717, 1.165) is 16.9 Å². The van der Waals surface area contributed by atoms with Gasteiger partial charge >= 0.3 is 0 Å². The lowest BCUT2D eigenvalue weighted by Gasteiger charge is -2.24. The molecule has 2 aromatic carbocycles. The molecule has 5 N–H and O–H groups in total. The van der Waals surface area contributed by atoms with E-state index in [4.69, 9.17) is 20.6 Å². The minimum Gasteiger partial charge on any atom is -0.495 e. The van der Waals surface area contributed by atoms with Crippen LogP contribution in [0.2, 0.25) is 0 Å². The Labute approximate surface area is 187 Å². The van der Waals surface area contributed by atoms with Crippen LogP contribution in [0, 0.1) is 11.2 Å². The lowest BCUT2D eigenvalue weighted by molar-refractivity contribution is 0.232. The molecule has 1 aliphatic heterocycles. The molecule has 2 aromatic rings. The molecule has 9 heteroatoms. The Kier molecular flexibility index (Phi) is 8.04. The zero-order chi connectivity index (χ0) is 22.9. The molecule has 3 rings (SSSR count). The first-order chi connectivity index (χ1) is 15.5. The third-order valence-corrected chi connectivity index (χ3v) is 4.74. The summed E-state index contributed by atoms with van der Waals surface area (Å²) < 4.78 is 24.4.